The Hall–Kier alpha value is -1.13. The number of carbonyl (C=O) groups is 1. The van der Waals surface area contributed by atoms with Gasteiger partial charge in [-0.1, -0.05) is 42.0 Å². The van der Waals surface area contributed by atoms with E-state index in [0.717, 1.165) is 24.8 Å². The molecule has 0 unspecified atom stereocenters. The molecule has 0 bridgehead atoms. The Kier molecular flexibility index (Phi) is 6.68. The van der Waals surface area contributed by atoms with Crippen molar-refractivity contribution in [1.29, 1.82) is 0 Å². The molecule has 0 atom stereocenters. The van der Waals surface area contributed by atoms with E-state index < -0.39 is 0 Å². The lowest BCUT2D eigenvalue weighted by atomic mass is 10.1. The van der Waals surface area contributed by atoms with Gasteiger partial charge in [0.15, 0.2) is 0 Å². The molecule has 5 heteroatoms. The number of benzene rings is 1. The maximum Gasteiger partial charge on any atom is 0.224 e. The number of unbranched alkanes of at least 4 members (excludes halogenated alkanes) is 1. The first-order valence-electron chi connectivity index (χ1n) is 5.88. The summed E-state index contributed by atoms with van der Waals surface area (Å²) in [7, 11) is 0. The van der Waals surface area contributed by atoms with E-state index in [4.69, 9.17) is 29.6 Å². The van der Waals surface area contributed by atoms with Gasteiger partial charge in [-0.15, -0.1) is 0 Å². The third-order valence-corrected chi connectivity index (χ3v) is 3.05. The van der Waals surface area contributed by atoms with Crippen LogP contribution in [-0.4, -0.2) is 17.4 Å². The molecular weight excluding hydrogens is 268 g/mol. The SMILES string of the molecule is NC(=S)CCCCNC(=O)Cc1ccccc1Cl. The first-order valence-corrected chi connectivity index (χ1v) is 6.66. The fraction of sp³-hybridized carbons (Fsp3) is 0.385. The summed E-state index contributed by atoms with van der Waals surface area (Å²) in [4.78, 5) is 12.2. The van der Waals surface area contributed by atoms with E-state index in [9.17, 15) is 4.79 Å². The van der Waals surface area contributed by atoms with E-state index in [0.29, 0.717) is 23.0 Å². The van der Waals surface area contributed by atoms with Gasteiger partial charge in [0, 0.05) is 11.6 Å². The molecule has 0 heterocycles. The second kappa shape index (κ2) is 8.06. The van der Waals surface area contributed by atoms with Crippen molar-refractivity contribution in [3.8, 4) is 0 Å². The van der Waals surface area contributed by atoms with Gasteiger partial charge < -0.3 is 11.1 Å². The average Bonchev–Trinajstić information content (AvgIpc) is 2.31. The third-order valence-electron chi connectivity index (χ3n) is 2.48. The normalized spacial score (nSPS) is 10.1. The Morgan fingerprint density at radius 2 is 2.06 bits per heavy atom. The predicted octanol–water partition coefficient (Wildman–Crippen LogP) is 2.46. The monoisotopic (exact) mass is 284 g/mol. The summed E-state index contributed by atoms with van der Waals surface area (Å²) in [6.45, 7) is 0.645. The van der Waals surface area contributed by atoms with Gasteiger partial charge in [-0.05, 0) is 30.9 Å². The zero-order chi connectivity index (χ0) is 13.4. The number of thiocarbonyl (C=S) groups is 1. The predicted molar refractivity (Wildman–Crippen MR) is 78.8 cm³/mol. The van der Waals surface area contributed by atoms with Crippen molar-refractivity contribution in [3.63, 3.8) is 0 Å². The highest BCUT2D eigenvalue weighted by atomic mass is 35.5. The van der Waals surface area contributed by atoms with Crippen LogP contribution in [-0.2, 0) is 11.2 Å². The van der Waals surface area contributed by atoms with Crippen LogP contribution in [0.5, 0.6) is 0 Å². The molecule has 3 nitrogen and oxygen atoms in total. The largest absolute Gasteiger partial charge is 0.393 e. The Morgan fingerprint density at radius 3 is 2.72 bits per heavy atom. The van der Waals surface area contributed by atoms with Crippen LogP contribution in [0, 0.1) is 0 Å². The number of nitrogens with two attached hydrogens (primary N) is 1. The van der Waals surface area contributed by atoms with Gasteiger partial charge in [-0.2, -0.15) is 0 Å². The minimum absolute atomic E-state index is 0.0153. The summed E-state index contributed by atoms with van der Waals surface area (Å²) in [6.07, 6.45) is 2.83. The molecule has 18 heavy (non-hydrogen) atoms. The summed E-state index contributed by atoms with van der Waals surface area (Å²) in [5.41, 5.74) is 6.23. The van der Waals surface area contributed by atoms with Crippen LogP contribution in [0.25, 0.3) is 0 Å². The number of rotatable bonds is 7. The molecule has 0 spiro atoms. The molecule has 0 saturated heterocycles. The minimum Gasteiger partial charge on any atom is -0.393 e. The summed E-state index contributed by atoms with van der Waals surface area (Å²) < 4.78 is 0. The van der Waals surface area contributed by atoms with Gasteiger partial charge in [0.25, 0.3) is 0 Å². The zero-order valence-corrected chi connectivity index (χ0v) is 11.7. The van der Waals surface area contributed by atoms with Crippen LogP contribution >= 0.6 is 23.8 Å². The molecule has 98 valence electrons. The second-order valence-corrected chi connectivity index (χ2v) is 4.97. The van der Waals surface area contributed by atoms with E-state index in [2.05, 4.69) is 5.32 Å². The van der Waals surface area contributed by atoms with Crippen LogP contribution in [0.3, 0.4) is 0 Å². The highest BCUT2D eigenvalue weighted by Crippen LogP contribution is 2.15. The number of hydrogen-bond donors (Lipinski definition) is 2. The van der Waals surface area contributed by atoms with Crippen LogP contribution in [0.4, 0.5) is 0 Å². The molecule has 0 aromatic heterocycles. The van der Waals surface area contributed by atoms with Crippen molar-refractivity contribution in [3.05, 3.63) is 34.9 Å². The molecule has 1 amide bonds. The molecule has 0 radical (unpaired) electrons. The number of nitrogens with one attached hydrogen (secondary N) is 1. The topological polar surface area (TPSA) is 55.1 Å². The molecule has 0 aliphatic carbocycles. The first kappa shape index (κ1) is 14.9. The minimum atomic E-state index is -0.0153. The van der Waals surface area contributed by atoms with Gasteiger partial charge in [0.1, 0.15) is 0 Å². The van der Waals surface area contributed by atoms with Gasteiger partial charge in [-0.25, -0.2) is 0 Å². The fourth-order valence-corrected chi connectivity index (χ4v) is 1.88. The smallest absolute Gasteiger partial charge is 0.224 e. The van der Waals surface area contributed by atoms with Crippen LogP contribution < -0.4 is 11.1 Å². The molecule has 1 aromatic rings. The van der Waals surface area contributed by atoms with Gasteiger partial charge in [-0.3, -0.25) is 4.79 Å². The lowest BCUT2D eigenvalue weighted by Crippen LogP contribution is -2.26. The van der Waals surface area contributed by atoms with Gasteiger partial charge in [0.2, 0.25) is 5.91 Å². The zero-order valence-electron chi connectivity index (χ0n) is 10.1. The van der Waals surface area contributed by atoms with Crippen LogP contribution in [0.1, 0.15) is 24.8 Å². The lowest BCUT2D eigenvalue weighted by molar-refractivity contribution is -0.120. The molecule has 1 rings (SSSR count). The quantitative estimate of drug-likeness (QED) is 0.597. The second-order valence-electron chi connectivity index (χ2n) is 4.04. The van der Waals surface area contributed by atoms with Gasteiger partial charge in [0.05, 0.1) is 11.4 Å². The standard InChI is InChI=1S/C13H17ClN2OS/c14-11-6-2-1-5-10(11)9-13(17)16-8-4-3-7-12(15)18/h1-2,5-6H,3-4,7-9H2,(H2,15,18)(H,16,17). The third kappa shape index (κ3) is 5.98. The number of halogens is 1. The number of carbonyl (C=O) groups excluding carboxylic acids is 1. The maximum absolute atomic E-state index is 11.6. The van der Waals surface area contributed by atoms with Gasteiger partial charge >= 0.3 is 0 Å². The number of hydrogen-bond acceptors (Lipinski definition) is 2. The number of amides is 1. The Bertz CT molecular complexity index is 423. The fourth-order valence-electron chi connectivity index (χ4n) is 1.53. The molecule has 0 aliphatic rings. The molecule has 0 fully saturated rings. The Balaban J connectivity index is 2.22. The van der Waals surface area contributed by atoms with E-state index in [-0.39, 0.29) is 5.91 Å². The van der Waals surface area contributed by atoms with E-state index >= 15 is 0 Å². The highest BCUT2D eigenvalue weighted by Gasteiger charge is 2.05. The summed E-state index contributed by atoms with van der Waals surface area (Å²) in [5.74, 6) is -0.0153. The van der Waals surface area contributed by atoms with E-state index in [1.54, 1.807) is 6.07 Å². The van der Waals surface area contributed by atoms with Crippen molar-refractivity contribution in [1.82, 2.24) is 5.32 Å². The Morgan fingerprint density at radius 1 is 1.33 bits per heavy atom. The Labute approximate surface area is 118 Å². The molecule has 0 aliphatic heterocycles. The summed E-state index contributed by atoms with van der Waals surface area (Å²) >= 11 is 10.8. The summed E-state index contributed by atoms with van der Waals surface area (Å²) in [5, 5.41) is 3.48. The molecule has 1 aromatic carbocycles. The van der Waals surface area contributed by atoms with Crippen molar-refractivity contribution < 1.29 is 4.79 Å². The van der Waals surface area contributed by atoms with E-state index in [1.807, 2.05) is 18.2 Å². The highest BCUT2D eigenvalue weighted by molar-refractivity contribution is 7.80. The summed E-state index contributed by atoms with van der Waals surface area (Å²) in [6, 6.07) is 7.36. The average molecular weight is 285 g/mol. The first-order chi connectivity index (χ1) is 8.59. The lowest BCUT2D eigenvalue weighted by Gasteiger charge is -2.06. The van der Waals surface area contributed by atoms with Crippen molar-refractivity contribution in [2.75, 3.05) is 6.54 Å². The van der Waals surface area contributed by atoms with Crippen molar-refractivity contribution in [2.45, 2.75) is 25.7 Å². The van der Waals surface area contributed by atoms with Crippen LogP contribution in [0.2, 0.25) is 5.02 Å². The van der Waals surface area contributed by atoms with Crippen molar-refractivity contribution in [2.24, 2.45) is 5.73 Å². The van der Waals surface area contributed by atoms with Crippen LogP contribution in [0.15, 0.2) is 24.3 Å². The molecular formula is C13H17ClN2OS. The van der Waals surface area contributed by atoms with E-state index in [1.165, 1.54) is 0 Å². The molecule has 0 saturated carbocycles. The van der Waals surface area contributed by atoms with Crippen molar-refractivity contribution >= 4 is 34.7 Å². The molecule has 3 N–H and O–H groups in total. The maximum atomic E-state index is 11.6.